The Bertz CT molecular complexity index is 5120. The zero-order valence-corrected chi connectivity index (χ0v) is 44.9. The van der Waals surface area contributed by atoms with Crippen LogP contribution in [0.4, 0.5) is 17.6 Å². The molecule has 392 valence electrons. The van der Waals surface area contributed by atoms with Crippen molar-refractivity contribution >= 4 is 22.4 Å². The van der Waals surface area contributed by atoms with Crippen LogP contribution in [-0.2, 0) is 23.8 Å². The first kappa shape index (κ1) is 46.3. The normalized spacial score (nSPS) is 20.2. The standard InChI is InChI=1S/C77H44F4N3/c78-50-30-49-31-61-57-19-9-10-20-58(57)63-42-83-70(38-60(63)45-24-22-44(23-25-45)43-12-2-1-3-13-43)55-17-5-4-14-46(55)32-71(83)74(61)62-39-76-72-37-52-36-64(59-21-11-7-16-54(59)47-26-28-68(82(52)40-47)73(49)66(80)34-50)77(72,76)65-33-51(79)35-67(81)75(65)69-29-27-48(41-84(69)76)53-15-6-8-18-56(53)62/h1-30,33-36,38-42,71H,31-32H2/q+3/b62-39?,74-61-. The molecule has 11 aromatic rings. The predicted octanol–water partition coefficient (Wildman–Crippen LogP) is 16.4. The molecule has 1 saturated carbocycles. The SMILES string of the molecule is Fc1cc(F)c2c(c1)C/C1=C(\C3=CC45C6=C=C7C=C(c8ccccc8-c8ccc-2[n+]7c8)C64c2cc(F)cc(F)c2-c2ccc(c[n+]25)-c2ccccc23)C2Cc3ccccc3-c3cc(-c4ccc(-c5ccccc5)cc4)c(c[n+]32)-c2ccccc21. The van der Waals surface area contributed by atoms with E-state index in [4.69, 9.17) is 0 Å². The van der Waals surface area contributed by atoms with Crippen LogP contribution in [0.3, 0.4) is 0 Å². The molecule has 3 atom stereocenters. The summed E-state index contributed by atoms with van der Waals surface area (Å²) in [6.45, 7) is 0. The molecule has 3 unspecified atom stereocenters. The highest BCUT2D eigenvalue weighted by atomic mass is 19.1. The van der Waals surface area contributed by atoms with Crippen LogP contribution in [0.5, 0.6) is 0 Å². The van der Waals surface area contributed by atoms with E-state index in [9.17, 15) is 0 Å². The third-order valence-corrected chi connectivity index (χ3v) is 19.6. The number of hydrogen-bond donors (Lipinski definition) is 0. The molecule has 8 aromatic carbocycles. The van der Waals surface area contributed by atoms with Gasteiger partial charge >= 0.3 is 0 Å². The average Bonchev–Trinajstić information content (AvgIpc) is 1.44. The number of pyridine rings is 3. The lowest BCUT2D eigenvalue weighted by atomic mass is 9.70. The summed E-state index contributed by atoms with van der Waals surface area (Å²) in [5.74, 6) is -2.68. The number of halogens is 4. The number of allylic oxidation sites excluding steroid dienone is 7. The summed E-state index contributed by atoms with van der Waals surface area (Å²) < 4.78 is 75.6. The minimum absolute atomic E-state index is 0.126. The summed E-state index contributed by atoms with van der Waals surface area (Å²) in [5, 5.41) is 0. The Morgan fingerprint density at radius 2 is 1.07 bits per heavy atom. The number of fused-ring (bicyclic) bond motifs is 20. The lowest BCUT2D eigenvalue weighted by Crippen LogP contribution is -2.55. The molecule has 1 fully saturated rings. The minimum Gasteiger partial charge on any atom is -0.207 e. The van der Waals surface area contributed by atoms with E-state index >= 15 is 17.6 Å². The van der Waals surface area contributed by atoms with Crippen molar-refractivity contribution in [1.82, 2.24) is 0 Å². The fraction of sp³-hybridized carbons (Fsp3) is 0.0649. The van der Waals surface area contributed by atoms with Gasteiger partial charge in [0.1, 0.15) is 28.7 Å². The van der Waals surface area contributed by atoms with E-state index in [1.54, 1.807) is 6.07 Å². The van der Waals surface area contributed by atoms with Crippen LogP contribution < -0.4 is 13.7 Å². The Labute approximate surface area is 481 Å². The zero-order valence-electron chi connectivity index (χ0n) is 44.9. The van der Waals surface area contributed by atoms with Gasteiger partial charge in [0.25, 0.3) is 5.70 Å². The van der Waals surface area contributed by atoms with Gasteiger partial charge in [0.2, 0.25) is 22.6 Å². The number of nitrogens with zero attached hydrogens (tertiary/aromatic N) is 3. The highest BCUT2D eigenvalue weighted by Gasteiger charge is 2.86. The Morgan fingerprint density at radius 3 is 1.87 bits per heavy atom. The maximum absolute atomic E-state index is 17.9. The number of rotatable bonds is 2. The molecule has 7 heteroatoms. The maximum atomic E-state index is 17.9. The summed E-state index contributed by atoms with van der Waals surface area (Å²) >= 11 is 0. The molecule has 84 heavy (non-hydrogen) atoms. The molecule has 3 aromatic heterocycles. The first-order valence-corrected chi connectivity index (χ1v) is 28.7. The van der Waals surface area contributed by atoms with Crippen LogP contribution >= 0.6 is 0 Å². The Hall–Kier alpha value is -10.3. The third kappa shape index (κ3) is 5.84. The van der Waals surface area contributed by atoms with Gasteiger partial charge in [-0.25, -0.2) is 17.6 Å². The lowest BCUT2D eigenvalue weighted by Gasteiger charge is -2.35. The lowest BCUT2D eigenvalue weighted by molar-refractivity contribution is -0.717. The van der Waals surface area contributed by atoms with Gasteiger partial charge in [0, 0.05) is 76.7 Å². The van der Waals surface area contributed by atoms with Crippen LogP contribution in [0.15, 0.2) is 254 Å². The second-order valence-electron chi connectivity index (χ2n) is 23.5. The van der Waals surface area contributed by atoms with Gasteiger partial charge in [-0.3, -0.25) is 0 Å². The molecule has 9 heterocycles. The molecule has 0 N–H and O–H groups in total. The summed E-state index contributed by atoms with van der Waals surface area (Å²) in [4.78, 5) is 0. The van der Waals surface area contributed by atoms with Crippen LogP contribution in [0.2, 0.25) is 0 Å². The average molecular weight is 1090 g/mol. The van der Waals surface area contributed by atoms with Gasteiger partial charge < -0.3 is 0 Å². The zero-order chi connectivity index (χ0) is 55.5. The number of hydrogen-bond acceptors (Lipinski definition) is 0. The number of aromatic nitrogens is 3. The highest BCUT2D eigenvalue weighted by Crippen LogP contribution is 2.77. The molecule has 0 radical (unpaired) electrons. The van der Waals surface area contributed by atoms with Crippen molar-refractivity contribution in [3.05, 3.63) is 311 Å². The van der Waals surface area contributed by atoms with E-state index in [0.29, 0.717) is 40.2 Å². The Kier molecular flexibility index (Phi) is 8.94. The van der Waals surface area contributed by atoms with E-state index in [0.717, 1.165) is 129 Å². The van der Waals surface area contributed by atoms with Gasteiger partial charge in [0.15, 0.2) is 24.6 Å². The first-order valence-electron chi connectivity index (χ1n) is 28.7. The smallest absolute Gasteiger partial charge is 0.207 e. The van der Waals surface area contributed by atoms with Gasteiger partial charge in [-0.05, 0) is 126 Å². The molecule has 8 aliphatic rings. The van der Waals surface area contributed by atoms with Crippen molar-refractivity contribution in [3.8, 4) is 89.4 Å². The van der Waals surface area contributed by atoms with Crippen molar-refractivity contribution in [3.63, 3.8) is 0 Å². The largest absolute Gasteiger partial charge is 0.255 e. The Morgan fingerprint density at radius 1 is 0.452 bits per heavy atom. The molecule has 2 spiro atoms. The third-order valence-electron chi connectivity index (χ3n) is 19.6. The monoisotopic (exact) mass is 1090 g/mol. The fourth-order valence-electron chi connectivity index (χ4n) is 16.2. The molecular weight excluding hydrogens is 1040 g/mol. The van der Waals surface area contributed by atoms with E-state index in [-0.39, 0.29) is 12.0 Å². The number of benzene rings is 8. The summed E-state index contributed by atoms with van der Waals surface area (Å²) in [6, 6.07) is 68.3. The van der Waals surface area contributed by atoms with Crippen molar-refractivity contribution in [2.75, 3.05) is 0 Å². The Balaban J connectivity index is 1.01. The molecule has 0 amide bonds. The second-order valence-corrected chi connectivity index (χ2v) is 23.5. The predicted molar refractivity (Wildman–Crippen MR) is 319 cm³/mol. The van der Waals surface area contributed by atoms with Crippen LogP contribution in [0.1, 0.15) is 39.4 Å². The topological polar surface area (TPSA) is 11.6 Å². The molecular formula is C77H44F4N3+3. The summed E-state index contributed by atoms with van der Waals surface area (Å²) in [7, 11) is 0. The highest BCUT2D eigenvalue weighted by molar-refractivity contribution is 6.06. The molecule has 0 saturated heterocycles. The van der Waals surface area contributed by atoms with Crippen molar-refractivity contribution in [2.24, 2.45) is 0 Å². The van der Waals surface area contributed by atoms with Crippen molar-refractivity contribution in [1.29, 1.82) is 0 Å². The maximum Gasteiger partial charge on any atom is 0.255 e. The molecule has 11 bridgehead atoms. The first-order chi connectivity index (χ1) is 41.2. The van der Waals surface area contributed by atoms with Gasteiger partial charge in [-0.2, -0.15) is 13.7 Å². The minimum atomic E-state index is -1.21. The summed E-state index contributed by atoms with van der Waals surface area (Å²) in [6.07, 6.45) is 11.8. The van der Waals surface area contributed by atoms with E-state index in [1.807, 2.05) is 47.2 Å². The van der Waals surface area contributed by atoms with Gasteiger partial charge in [-0.15, -0.1) is 0 Å². The van der Waals surface area contributed by atoms with Crippen LogP contribution in [0, 0.1) is 23.3 Å². The fourth-order valence-corrected chi connectivity index (χ4v) is 16.2. The van der Waals surface area contributed by atoms with Crippen molar-refractivity contribution in [2.45, 2.75) is 29.8 Å². The summed E-state index contributed by atoms with van der Waals surface area (Å²) in [5.41, 5.74) is 25.6. The molecule has 3 nitrogen and oxygen atoms in total. The molecule has 2 aliphatic carbocycles. The van der Waals surface area contributed by atoms with Crippen molar-refractivity contribution < 1.29 is 31.3 Å². The van der Waals surface area contributed by atoms with E-state index in [1.165, 1.54) is 6.07 Å². The van der Waals surface area contributed by atoms with E-state index in [2.05, 4.69) is 185 Å². The van der Waals surface area contributed by atoms with Gasteiger partial charge in [-0.1, -0.05) is 146 Å². The van der Waals surface area contributed by atoms with Gasteiger partial charge in [0.05, 0.1) is 22.3 Å². The van der Waals surface area contributed by atoms with Crippen LogP contribution in [0.25, 0.3) is 112 Å². The molecule has 6 aliphatic heterocycles. The second kappa shape index (κ2) is 16.2. The van der Waals surface area contributed by atoms with E-state index < -0.39 is 40.3 Å². The van der Waals surface area contributed by atoms with Crippen LogP contribution in [-0.4, -0.2) is 0 Å². The molecule has 19 rings (SSSR count). The quantitative estimate of drug-likeness (QED) is 0.0929.